The maximum atomic E-state index is 3.61. The van der Waals surface area contributed by atoms with Crippen LogP contribution in [0.15, 0.2) is 24.3 Å². The molecular weight excluding hydrogens is 230 g/mol. The molecule has 1 unspecified atom stereocenters. The standard InChI is InChI=1S/C18H31N/c1-14(2)7-8-15(3)19-13-16-9-11-17(12-10-16)18(4,5)6/h9-12,14-15,19H,7-8,13H2,1-6H3. The Labute approximate surface area is 119 Å². The fourth-order valence-electron chi connectivity index (χ4n) is 2.10. The van der Waals surface area contributed by atoms with Crippen molar-refractivity contribution < 1.29 is 0 Å². The Hall–Kier alpha value is -0.820. The molecule has 108 valence electrons. The van der Waals surface area contributed by atoms with Gasteiger partial charge in [0.25, 0.3) is 0 Å². The van der Waals surface area contributed by atoms with Crippen LogP contribution in [0.25, 0.3) is 0 Å². The lowest BCUT2D eigenvalue weighted by atomic mass is 9.87. The number of hydrogen-bond acceptors (Lipinski definition) is 1. The highest BCUT2D eigenvalue weighted by atomic mass is 14.9. The van der Waals surface area contributed by atoms with E-state index >= 15 is 0 Å². The molecule has 0 amide bonds. The van der Waals surface area contributed by atoms with Gasteiger partial charge in [-0.1, -0.05) is 58.9 Å². The van der Waals surface area contributed by atoms with Crippen LogP contribution in [0.2, 0.25) is 0 Å². The second-order valence-electron chi connectivity index (χ2n) is 7.20. The van der Waals surface area contributed by atoms with E-state index in [0.29, 0.717) is 6.04 Å². The Balaban J connectivity index is 2.42. The number of benzene rings is 1. The minimum atomic E-state index is 0.247. The van der Waals surface area contributed by atoms with Gasteiger partial charge in [0.1, 0.15) is 0 Å². The lowest BCUT2D eigenvalue weighted by molar-refractivity contribution is 0.450. The number of hydrogen-bond donors (Lipinski definition) is 1. The highest BCUT2D eigenvalue weighted by Crippen LogP contribution is 2.22. The first kappa shape index (κ1) is 16.2. The first-order valence-corrected chi connectivity index (χ1v) is 7.62. The molecule has 0 spiro atoms. The third-order valence-corrected chi connectivity index (χ3v) is 3.65. The molecule has 1 heteroatoms. The van der Waals surface area contributed by atoms with Crippen LogP contribution in [0.1, 0.15) is 65.5 Å². The third-order valence-electron chi connectivity index (χ3n) is 3.65. The van der Waals surface area contributed by atoms with E-state index in [-0.39, 0.29) is 5.41 Å². The zero-order valence-electron chi connectivity index (χ0n) is 13.6. The molecule has 19 heavy (non-hydrogen) atoms. The highest BCUT2D eigenvalue weighted by molar-refractivity contribution is 5.27. The van der Waals surface area contributed by atoms with E-state index in [1.165, 1.54) is 24.0 Å². The quantitative estimate of drug-likeness (QED) is 0.768. The van der Waals surface area contributed by atoms with Crippen LogP contribution in [-0.2, 0) is 12.0 Å². The van der Waals surface area contributed by atoms with Crippen molar-refractivity contribution in [2.75, 3.05) is 0 Å². The van der Waals surface area contributed by atoms with Crippen LogP contribution in [0.5, 0.6) is 0 Å². The van der Waals surface area contributed by atoms with Crippen molar-refractivity contribution in [3.05, 3.63) is 35.4 Å². The monoisotopic (exact) mass is 261 g/mol. The maximum absolute atomic E-state index is 3.61. The van der Waals surface area contributed by atoms with Gasteiger partial charge in [-0.15, -0.1) is 0 Å². The van der Waals surface area contributed by atoms with Crippen LogP contribution < -0.4 is 5.32 Å². The van der Waals surface area contributed by atoms with Crippen molar-refractivity contribution in [2.24, 2.45) is 5.92 Å². The van der Waals surface area contributed by atoms with Crippen molar-refractivity contribution in [2.45, 2.75) is 72.4 Å². The molecule has 1 atom stereocenters. The molecule has 0 aliphatic heterocycles. The summed E-state index contributed by atoms with van der Waals surface area (Å²) in [6.07, 6.45) is 2.56. The summed E-state index contributed by atoms with van der Waals surface area (Å²) >= 11 is 0. The average Bonchev–Trinajstić information content (AvgIpc) is 2.33. The van der Waals surface area contributed by atoms with Crippen molar-refractivity contribution in [3.63, 3.8) is 0 Å². The molecule has 0 heterocycles. The van der Waals surface area contributed by atoms with E-state index < -0.39 is 0 Å². The molecule has 0 aliphatic carbocycles. The van der Waals surface area contributed by atoms with E-state index in [2.05, 4.69) is 71.1 Å². The second kappa shape index (κ2) is 7.09. The summed E-state index contributed by atoms with van der Waals surface area (Å²) in [4.78, 5) is 0. The second-order valence-corrected chi connectivity index (χ2v) is 7.20. The normalized spacial score (nSPS) is 13.8. The summed E-state index contributed by atoms with van der Waals surface area (Å²) in [7, 11) is 0. The fraction of sp³-hybridized carbons (Fsp3) is 0.667. The van der Waals surface area contributed by atoms with Gasteiger partial charge in [0.05, 0.1) is 0 Å². The first-order valence-electron chi connectivity index (χ1n) is 7.62. The van der Waals surface area contributed by atoms with Gasteiger partial charge in [-0.3, -0.25) is 0 Å². The lowest BCUT2D eigenvalue weighted by Gasteiger charge is -2.20. The van der Waals surface area contributed by atoms with Crippen LogP contribution in [-0.4, -0.2) is 6.04 Å². The van der Waals surface area contributed by atoms with Crippen LogP contribution in [0.3, 0.4) is 0 Å². The van der Waals surface area contributed by atoms with Crippen LogP contribution >= 0.6 is 0 Å². The third kappa shape index (κ3) is 6.24. The largest absolute Gasteiger partial charge is 0.310 e. The molecular formula is C18H31N. The van der Waals surface area contributed by atoms with Crippen molar-refractivity contribution in [1.82, 2.24) is 5.32 Å². The fourth-order valence-corrected chi connectivity index (χ4v) is 2.10. The van der Waals surface area contributed by atoms with Crippen molar-refractivity contribution in [3.8, 4) is 0 Å². The van der Waals surface area contributed by atoms with E-state index in [4.69, 9.17) is 0 Å². The molecule has 1 rings (SSSR count). The predicted molar refractivity (Wildman–Crippen MR) is 85.5 cm³/mol. The zero-order valence-corrected chi connectivity index (χ0v) is 13.6. The summed E-state index contributed by atoms with van der Waals surface area (Å²) < 4.78 is 0. The summed E-state index contributed by atoms with van der Waals surface area (Å²) in [6.45, 7) is 14.6. The first-order chi connectivity index (χ1) is 8.79. The van der Waals surface area contributed by atoms with Crippen molar-refractivity contribution in [1.29, 1.82) is 0 Å². The van der Waals surface area contributed by atoms with Gasteiger partial charge in [0.2, 0.25) is 0 Å². The van der Waals surface area contributed by atoms with Gasteiger partial charge >= 0.3 is 0 Å². The van der Waals surface area contributed by atoms with Crippen LogP contribution in [0.4, 0.5) is 0 Å². The summed E-state index contributed by atoms with van der Waals surface area (Å²) in [5.41, 5.74) is 3.03. The maximum Gasteiger partial charge on any atom is 0.0207 e. The summed E-state index contributed by atoms with van der Waals surface area (Å²) in [5.74, 6) is 0.801. The number of rotatable bonds is 6. The molecule has 0 aromatic heterocycles. The van der Waals surface area contributed by atoms with E-state index in [9.17, 15) is 0 Å². The minimum absolute atomic E-state index is 0.247. The van der Waals surface area contributed by atoms with Gasteiger partial charge < -0.3 is 5.32 Å². The Kier molecular flexibility index (Phi) is 6.06. The van der Waals surface area contributed by atoms with Gasteiger partial charge in [0, 0.05) is 12.6 Å². The molecule has 0 aliphatic rings. The Morgan fingerprint density at radius 3 is 2.00 bits per heavy atom. The van der Waals surface area contributed by atoms with E-state index in [1.807, 2.05) is 0 Å². The summed E-state index contributed by atoms with van der Waals surface area (Å²) in [6, 6.07) is 9.63. The minimum Gasteiger partial charge on any atom is -0.310 e. The molecule has 1 N–H and O–H groups in total. The van der Waals surface area contributed by atoms with Gasteiger partial charge in [-0.05, 0) is 42.2 Å². The molecule has 0 radical (unpaired) electrons. The van der Waals surface area contributed by atoms with Crippen molar-refractivity contribution >= 4 is 0 Å². The average molecular weight is 261 g/mol. The van der Waals surface area contributed by atoms with Crippen LogP contribution in [0, 0.1) is 5.92 Å². The van der Waals surface area contributed by atoms with E-state index in [0.717, 1.165) is 12.5 Å². The number of nitrogens with one attached hydrogen (secondary N) is 1. The molecule has 1 nitrogen and oxygen atoms in total. The summed E-state index contributed by atoms with van der Waals surface area (Å²) in [5, 5.41) is 3.61. The molecule has 0 fully saturated rings. The van der Waals surface area contributed by atoms with Gasteiger partial charge in [-0.25, -0.2) is 0 Å². The Morgan fingerprint density at radius 2 is 1.53 bits per heavy atom. The molecule has 0 bridgehead atoms. The topological polar surface area (TPSA) is 12.0 Å². The molecule has 0 saturated heterocycles. The molecule has 0 saturated carbocycles. The smallest absolute Gasteiger partial charge is 0.0207 e. The molecule has 1 aromatic carbocycles. The van der Waals surface area contributed by atoms with E-state index in [1.54, 1.807) is 0 Å². The molecule has 1 aromatic rings. The van der Waals surface area contributed by atoms with Gasteiger partial charge in [-0.2, -0.15) is 0 Å². The predicted octanol–water partition coefficient (Wildman–Crippen LogP) is 4.90. The Morgan fingerprint density at radius 1 is 0.947 bits per heavy atom. The highest BCUT2D eigenvalue weighted by Gasteiger charge is 2.12. The zero-order chi connectivity index (χ0) is 14.5. The lowest BCUT2D eigenvalue weighted by Crippen LogP contribution is -2.25. The van der Waals surface area contributed by atoms with Gasteiger partial charge in [0.15, 0.2) is 0 Å². The SMILES string of the molecule is CC(C)CCC(C)NCc1ccc(C(C)(C)C)cc1. The Bertz CT molecular complexity index is 356.